The predicted octanol–water partition coefficient (Wildman–Crippen LogP) is 4.52. The third kappa shape index (κ3) is 3.39. The van der Waals surface area contributed by atoms with E-state index in [2.05, 4.69) is 0 Å². The van der Waals surface area contributed by atoms with Crippen molar-refractivity contribution in [1.82, 2.24) is 0 Å². The maximum atomic E-state index is 13.1. The first-order valence-corrected chi connectivity index (χ1v) is 6.81. The molecule has 2 aromatic carbocycles. The molecule has 0 radical (unpaired) electrons. The summed E-state index contributed by atoms with van der Waals surface area (Å²) in [6.07, 6.45) is 0. The summed E-state index contributed by atoms with van der Waals surface area (Å²) in [5.74, 6) is -1.76. The van der Waals surface area contributed by atoms with E-state index in [1.807, 2.05) is 0 Å². The fraction of sp³-hybridized carbons (Fsp3) is 0.167. The first-order valence-electron chi connectivity index (χ1n) is 6.81. The van der Waals surface area contributed by atoms with Gasteiger partial charge >= 0.3 is 0 Å². The van der Waals surface area contributed by atoms with E-state index >= 15 is 0 Å². The van der Waals surface area contributed by atoms with Gasteiger partial charge in [0.1, 0.15) is 11.6 Å². The lowest BCUT2D eigenvalue weighted by Gasteiger charge is -2.21. The van der Waals surface area contributed by atoms with Gasteiger partial charge in [-0.2, -0.15) is 0 Å². The number of Topliss-reactive ketones (excluding diaryl/α,β-unsaturated/α-hetero) is 1. The Labute approximate surface area is 127 Å². The van der Waals surface area contributed by atoms with E-state index in [0.717, 1.165) is 0 Å². The highest BCUT2D eigenvalue weighted by molar-refractivity contribution is 5.96. The normalized spacial score (nSPS) is 12.2. The molecule has 0 aromatic heterocycles. The zero-order chi connectivity index (χ0) is 16.3. The van der Waals surface area contributed by atoms with E-state index < -0.39 is 17.6 Å². The minimum absolute atomic E-state index is 0.105. The van der Waals surface area contributed by atoms with Gasteiger partial charge in [-0.05, 0) is 49.2 Å². The van der Waals surface area contributed by atoms with Crippen LogP contribution in [0.1, 0.15) is 30.9 Å². The number of hydrogen-bond acceptors (Lipinski definition) is 2. The molecule has 0 aliphatic rings. The standard InChI is InChI=1S/C18H16F2O2/c1-11(21)17(12(2)22)18(13-3-7-15(19)8-4-13)14-5-9-16(20)10-6-14/h3-10,18,21H,1-2H3. The molecule has 2 rings (SSSR count). The molecule has 22 heavy (non-hydrogen) atoms. The van der Waals surface area contributed by atoms with Crippen molar-refractivity contribution in [3.05, 3.63) is 82.6 Å². The Balaban J connectivity index is 2.63. The molecule has 114 valence electrons. The summed E-state index contributed by atoms with van der Waals surface area (Å²) < 4.78 is 26.3. The Morgan fingerprint density at radius 2 is 1.23 bits per heavy atom. The smallest absolute Gasteiger partial charge is 0.160 e. The Bertz CT molecular complexity index is 651. The summed E-state index contributed by atoms with van der Waals surface area (Å²) in [6, 6.07) is 11.4. The lowest BCUT2D eigenvalue weighted by molar-refractivity contribution is -0.114. The quantitative estimate of drug-likeness (QED) is 0.666. The number of ketones is 1. The summed E-state index contributed by atoms with van der Waals surface area (Å²) >= 11 is 0. The topological polar surface area (TPSA) is 37.3 Å². The zero-order valence-electron chi connectivity index (χ0n) is 12.3. The van der Waals surface area contributed by atoms with Gasteiger partial charge in [0.2, 0.25) is 0 Å². The van der Waals surface area contributed by atoms with Crippen LogP contribution in [0.4, 0.5) is 8.78 Å². The molecule has 0 aliphatic heterocycles. The van der Waals surface area contributed by atoms with Crippen molar-refractivity contribution in [2.45, 2.75) is 19.8 Å². The average molecular weight is 302 g/mol. The minimum Gasteiger partial charge on any atom is -0.512 e. The van der Waals surface area contributed by atoms with Crippen LogP contribution in [0.3, 0.4) is 0 Å². The van der Waals surface area contributed by atoms with E-state index in [9.17, 15) is 18.7 Å². The molecule has 0 atom stereocenters. The van der Waals surface area contributed by atoms with Gasteiger partial charge in [0.15, 0.2) is 5.78 Å². The number of rotatable bonds is 4. The number of benzene rings is 2. The molecule has 0 fully saturated rings. The third-order valence-corrected chi connectivity index (χ3v) is 3.46. The summed E-state index contributed by atoms with van der Waals surface area (Å²) in [5.41, 5.74) is 1.50. The molecule has 2 nitrogen and oxygen atoms in total. The van der Waals surface area contributed by atoms with Gasteiger partial charge in [0.25, 0.3) is 0 Å². The molecule has 2 aromatic rings. The zero-order valence-corrected chi connectivity index (χ0v) is 12.3. The lowest BCUT2D eigenvalue weighted by atomic mass is 9.82. The van der Waals surface area contributed by atoms with Crippen molar-refractivity contribution < 1.29 is 18.7 Å². The molecule has 4 heteroatoms. The molecular formula is C18H16F2O2. The molecule has 0 bridgehead atoms. The molecule has 0 spiro atoms. The Hall–Kier alpha value is -2.49. The molecular weight excluding hydrogens is 286 g/mol. The molecule has 0 aliphatic carbocycles. The largest absolute Gasteiger partial charge is 0.512 e. The molecule has 0 heterocycles. The van der Waals surface area contributed by atoms with Gasteiger partial charge < -0.3 is 5.11 Å². The van der Waals surface area contributed by atoms with E-state index in [-0.39, 0.29) is 17.1 Å². The molecule has 0 unspecified atom stereocenters. The van der Waals surface area contributed by atoms with Crippen molar-refractivity contribution in [3.63, 3.8) is 0 Å². The maximum Gasteiger partial charge on any atom is 0.160 e. The SMILES string of the molecule is CC(=O)C(=C(C)O)C(c1ccc(F)cc1)c1ccc(F)cc1. The van der Waals surface area contributed by atoms with Gasteiger partial charge in [-0.25, -0.2) is 8.78 Å². The first kappa shape index (κ1) is 15.9. The summed E-state index contributed by atoms with van der Waals surface area (Å²) in [7, 11) is 0. The van der Waals surface area contributed by atoms with Gasteiger partial charge in [0, 0.05) is 11.5 Å². The average Bonchev–Trinajstić information content (AvgIpc) is 2.46. The van der Waals surface area contributed by atoms with Crippen LogP contribution >= 0.6 is 0 Å². The lowest BCUT2D eigenvalue weighted by Crippen LogP contribution is -2.13. The minimum atomic E-state index is -0.580. The van der Waals surface area contributed by atoms with Crippen LogP contribution in [0.15, 0.2) is 59.9 Å². The highest BCUT2D eigenvalue weighted by Gasteiger charge is 2.24. The van der Waals surface area contributed by atoms with Gasteiger partial charge in [-0.15, -0.1) is 0 Å². The second kappa shape index (κ2) is 6.52. The van der Waals surface area contributed by atoms with Gasteiger partial charge in [-0.3, -0.25) is 4.79 Å². The Morgan fingerprint density at radius 3 is 1.50 bits per heavy atom. The Kier molecular flexibility index (Phi) is 4.71. The second-order valence-corrected chi connectivity index (χ2v) is 5.09. The van der Waals surface area contributed by atoms with Crippen LogP contribution < -0.4 is 0 Å². The number of halogens is 2. The summed E-state index contributed by atoms with van der Waals surface area (Å²) in [5, 5.41) is 9.90. The van der Waals surface area contributed by atoms with E-state index in [1.54, 1.807) is 24.3 Å². The Morgan fingerprint density at radius 1 is 0.864 bits per heavy atom. The number of aliphatic hydroxyl groups is 1. The van der Waals surface area contributed by atoms with Crippen LogP contribution in [0.5, 0.6) is 0 Å². The summed E-state index contributed by atoms with van der Waals surface area (Å²) in [4.78, 5) is 11.9. The van der Waals surface area contributed by atoms with Crippen LogP contribution in [-0.2, 0) is 4.79 Å². The van der Waals surface area contributed by atoms with Crippen LogP contribution in [-0.4, -0.2) is 10.9 Å². The number of carbonyl (C=O) groups excluding carboxylic acids is 1. The molecule has 0 saturated heterocycles. The van der Waals surface area contributed by atoms with E-state index in [0.29, 0.717) is 11.1 Å². The fourth-order valence-electron chi connectivity index (χ4n) is 2.50. The predicted molar refractivity (Wildman–Crippen MR) is 80.7 cm³/mol. The van der Waals surface area contributed by atoms with Crippen molar-refractivity contribution in [3.8, 4) is 0 Å². The number of allylic oxidation sites excluding steroid dienone is 2. The maximum absolute atomic E-state index is 13.1. The second-order valence-electron chi connectivity index (χ2n) is 5.09. The van der Waals surface area contributed by atoms with Crippen molar-refractivity contribution in [2.24, 2.45) is 0 Å². The number of carbonyl (C=O) groups is 1. The molecule has 0 amide bonds. The van der Waals surface area contributed by atoms with E-state index in [4.69, 9.17) is 0 Å². The third-order valence-electron chi connectivity index (χ3n) is 3.46. The highest BCUT2D eigenvalue weighted by atomic mass is 19.1. The monoisotopic (exact) mass is 302 g/mol. The van der Waals surface area contributed by atoms with Gasteiger partial charge in [0.05, 0.1) is 5.76 Å². The van der Waals surface area contributed by atoms with Crippen molar-refractivity contribution >= 4 is 5.78 Å². The summed E-state index contributed by atoms with van der Waals surface area (Å²) in [6.45, 7) is 2.78. The van der Waals surface area contributed by atoms with Crippen LogP contribution in [0.25, 0.3) is 0 Å². The fourth-order valence-corrected chi connectivity index (χ4v) is 2.50. The van der Waals surface area contributed by atoms with Crippen molar-refractivity contribution in [1.29, 1.82) is 0 Å². The van der Waals surface area contributed by atoms with Crippen LogP contribution in [0, 0.1) is 11.6 Å². The van der Waals surface area contributed by atoms with Crippen molar-refractivity contribution in [2.75, 3.05) is 0 Å². The van der Waals surface area contributed by atoms with E-state index in [1.165, 1.54) is 38.1 Å². The first-order chi connectivity index (χ1) is 10.4. The molecule has 1 N–H and O–H groups in total. The van der Waals surface area contributed by atoms with Crippen LogP contribution in [0.2, 0.25) is 0 Å². The highest BCUT2D eigenvalue weighted by Crippen LogP contribution is 2.34. The molecule has 0 saturated carbocycles. The number of aliphatic hydroxyl groups excluding tert-OH is 1. The number of hydrogen-bond donors (Lipinski definition) is 1. The van der Waals surface area contributed by atoms with Gasteiger partial charge in [-0.1, -0.05) is 24.3 Å².